The van der Waals surface area contributed by atoms with E-state index in [0.717, 1.165) is 24.2 Å². The number of nitrogens with zero attached hydrogens (tertiary/aromatic N) is 3. The molecule has 0 aromatic carbocycles. The zero-order valence-corrected chi connectivity index (χ0v) is 12.4. The Morgan fingerprint density at radius 3 is 2.95 bits per heavy atom. The minimum atomic E-state index is -3.34. The molecule has 1 atom stereocenters. The Morgan fingerprint density at radius 2 is 2.30 bits per heavy atom. The summed E-state index contributed by atoms with van der Waals surface area (Å²) in [6.07, 6.45) is 3.55. The van der Waals surface area contributed by atoms with Gasteiger partial charge in [0.05, 0.1) is 12.8 Å². The number of rotatable bonds is 4. The Hall–Kier alpha value is -1.54. The number of aryl methyl sites for hydroxylation is 1. The predicted molar refractivity (Wildman–Crippen MR) is 73.6 cm³/mol. The van der Waals surface area contributed by atoms with Crippen molar-refractivity contribution in [1.82, 2.24) is 19.6 Å². The largest absolute Gasteiger partial charge is 0.341 e. The molecule has 1 aliphatic heterocycles. The molecule has 1 aliphatic rings. The Kier molecular flexibility index (Phi) is 4.34. The highest BCUT2D eigenvalue weighted by Crippen LogP contribution is 2.24. The van der Waals surface area contributed by atoms with Crippen molar-refractivity contribution < 1.29 is 13.2 Å². The van der Waals surface area contributed by atoms with Crippen LogP contribution in [0.2, 0.25) is 0 Å². The lowest BCUT2D eigenvalue weighted by Gasteiger charge is -2.16. The van der Waals surface area contributed by atoms with Gasteiger partial charge in [-0.1, -0.05) is 0 Å². The maximum absolute atomic E-state index is 11.9. The fourth-order valence-electron chi connectivity index (χ4n) is 2.17. The monoisotopic (exact) mass is 298 g/mol. The van der Waals surface area contributed by atoms with Gasteiger partial charge in [-0.05, 0) is 19.4 Å². The van der Waals surface area contributed by atoms with Crippen LogP contribution in [0.4, 0.5) is 0 Å². The number of nitrogens with one attached hydrogen (secondary N) is 1. The third-order valence-corrected chi connectivity index (χ3v) is 3.87. The molecule has 0 radical (unpaired) electrons. The van der Waals surface area contributed by atoms with E-state index in [-0.39, 0.29) is 18.4 Å². The average Bonchev–Trinajstić information content (AvgIpc) is 2.84. The van der Waals surface area contributed by atoms with Gasteiger partial charge in [0.1, 0.15) is 5.82 Å². The number of carbonyl (C=O) groups is 1. The van der Waals surface area contributed by atoms with Gasteiger partial charge in [0, 0.05) is 30.9 Å². The van der Waals surface area contributed by atoms with Crippen molar-refractivity contribution in [3.05, 3.63) is 23.8 Å². The SMILES string of the molecule is Cc1ccnc([C@H]2CCN(C(=O)CNS(C)(=O)=O)C2)n1. The Morgan fingerprint density at radius 1 is 1.55 bits per heavy atom. The molecule has 7 nitrogen and oxygen atoms in total. The van der Waals surface area contributed by atoms with Crippen molar-refractivity contribution in [2.75, 3.05) is 25.9 Å². The van der Waals surface area contributed by atoms with Crippen LogP contribution in [0.25, 0.3) is 0 Å². The summed E-state index contributed by atoms with van der Waals surface area (Å²) in [4.78, 5) is 22.2. The summed E-state index contributed by atoms with van der Waals surface area (Å²) in [6, 6.07) is 1.83. The van der Waals surface area contributed by atoms with Crippen molar-refractivity contribution in [2.45, 2.75) is 19.3 Å². The van der Waals surface area contributed by atoms with Gasteiger partial charge in [-0.3, -0.25) is 4.79 Å². The second-order valence-corrected chi connectivity index (χ2v) is 6.81. The van der Waals surface area contributed by atoms with Gasteiger partial charge in [0.25, 0.3) is 0 Å². The minimum Gasteiger partial charge on any atom is -0.341 e. The standard InChI is InChI=1S/C12H18N4O3S/c1-9-3-5-13-12(15-9)10-4-6-16(8-10)11(17)7-14-20(2,18)19/h3,5,10,14H,4,6-8H2,1-2H3/t10-/m0/s1. The van der Waals surface area contributed by atoms with E-state index in [4.69, 9.17) is 0 Å². The highest BCUT2D eigenvalue weighted by atomic mass is 32.2. The van der Waals surface area contributed by atoms with Crippen LogP contribution in [-0.4, -0.2) is 55.1 Å². The third kappa shape index (κ3) is 3.97. The summed E-state index contributed by atoms with van der Waals surface area (Å²) in [5.74, 6) is 0.652. The normalized spacial score (nSPS) is 19.3. The molecule has 110 valence electrons. The first kappa shape index (κ1) is 14.9. The summed E-state index contributed by atoms with van der Waals surface area (Å²) in [7, 11) is -3.34. The molecule has 8 heteroatoms. The number of likely N-dealkylation sites (tertiary alicyclic amines) is 1. The van der Waals surface area contributed by atoms with E-state index < -0.39 is 10.0 Å². The summed E-state index contributed by atoms with van der Waals surface area (Å²) >= 11 is 0. The second kappa shape index (κ2) is 5.84. The molecule has 1 fully saturated rings. The van der Waals surface area contributed by atoms with E-state index in [9.17, 15) is 13.2 Å². The van der Waals surface area contributed by atoms with E-state index in [1.807, 2.05) is 13.0 Å². The third-order valence-electron chi connectivity index (χ3n) is 3.21. The van der Waals surface area contributed by atoms with E-state index >= 15 is 0 Å². The van der Waals surface area contributed by atoms with Crippen LogP contribution >= 0.6 is 0 Å². The number of sulfonamides is 1. The van der Waals surface area contributed by atoms with Crippen LogP contribution in [0.15, 0.2) is 12.3 Å². The quantitative estimate of drug-likeness (QED) is 0.820. The Labute approximate surface area is 118 Å². The lowest BCUT2D eigenvalue weighted by molar-refractivity contribution is -0.128. The molecule has 0 bridgehead atoms. The molecule has 1 amide bonds. The average molecular weight is 298 g/mol. The lowest BCUT2D eigenvalue weighted by atomic mass is 10.1. The summed E-state index contributed by atoms with van der Waals surface area (Å²) in [6.45, 7) is 2.85. The molecular formula is C12H18N4O3S. The number of hydrogen-bond donors (Lipinski definition) is 1. The highest BCUT2D eigenvalue weighted by Gasteiger charge is 2.29. The lowest BCUT2D eigenvalue weighted by Crippen LogP contribution is -2.38. The zero-order chi connectivity index (χ0) is 14.8. The zero-order valence-electron chi connectivity index (χ0n) is 11.5. The molecule has 1 saturated heterocycles. The molecule has 20 heavy (non-hydrogen) atoms. The fraction of sp³-hybridized carbons (Fsp3) is 0.583. The van der Waals surface area contributed by atoms with E-state index in [0.29, 0.717) is 13.1 Å². The van der Waals surface area contributed by atoms with E-state index in [1.165, 1.54) is 0 Å². The van der Waals surface area contributed by atoms with Crippen LogP contribution in [0, 0.1) is 6.92 Å². The number of amides is 1. The minimum absolute atomic E-state index is 0.122. The van der Waals surface area contributed by atoms with E-state index in [2.05, 4.69) is 14.7 Å². The number of hydrogen-bond acceptors (Lipinski definition) is 5. The first-order valence-corrected chi connectivity index (χ1v) is 8.26. The topological polar surface area (TPSA) is 92.3 Å². The molecule has 2 heterocycles. The van der Waals surface area contributed by atoms with Crippen LogP contribution in [0.5, 0.6) is 0 Å². The van der Waals surface area contributed by atoms with Crippen molar-refractivity contribution in [2.24, 2.45) is 0 Å². The molecule has 0 aliphatic carbocycles. The van der Waals surface area contributed by atoms with E-state index in [1.54, 1.807) is 11.1 Å². The molecule has 1 aromatic heterocycles. The molecule has 2 rings (SSSR count). The molecule has 0 spiro atoms. The van der Waals surface area contributed by atoms with Crippen LogP contribution in [0.3, 0.4) is 0 Å². The molecule has 1 N–H and O–H groups in total. The van der Waals surface area contributed by atoms with Crippen molar-refractivity contribution in [3.8, 4) is 0 Å². The molecule has 0 unspecified atom stereocenters. The van der Waals surface area contributed by atoms with Gasteiger partial charge in [-0.15, -0.1) is 0 Å². The van der Waals surface area contributed by atoms with Gasteiger partial charge < -0.3 is 4.90 Å². The van der Waals surface area contributed by atoms with Gasteiger partial charge in [0.15, 0.2) is 0 Å². The number of carbonyl (C=O) groups excluding carboxylic acids is 1. The maximum atomic E-state index is 11.9. The second-order valence-electron chi connectivity index (χ2n) is 4.97. The summed E-state index contributed by atoms with van der Waals surface area (Å²) in [5.41, 5.74) is 0.901. The highest BCUT2D eigenvalue weighted by molar-refractivity contribution is 7.88. The van der Waals surface area contributed by atoms with Crippen LogP contribution < -0.4 is 4.72 Å². The Bertz CT molecular complexity index is 602. The molecule has 0 saturated carbocycles. The van der Waals surface area contributed by atoms with Gasteiger partial charge in [-0.2, -0.15) is 0 Å². The van der Waals surface area contributed by atoms with Gasteiger partial charge in [-0.25, -0.2) is 23.1 Å². The fourth-order valence-corrected chi connectivity index (χ4v) is 2.55. The van der Waals surface area contributed by atoms with Crippen molar-refractivity contribution in [1.29, 1.82) is 0 Å². The smallest absolute Gasteiger partial charge is 0.237 e. The molecular weight excluding hydrogens is 280 g/mol. The van der Waals surface area contributed by atoms with Crippen molar-refractivity contribution in [3.63, 3.8) is 0 Å². The Balaban J connectivity index is 1.93. The molecule has 1 aromatic rings. The first-order chi connectivity index (χ1) is 9.35. The van der Waals surface area contributed by atoms with Crippen LogP contribution in [-0.2, 0) is 14.8 Å². The predicted octanol–water partition coefficient (Wildman–Crippen LogP) is -0.350. The van der Waals surface area contributed by atoms with Gasteiger partial charge >= 0.3 is 0 Å². The van der Waals surface area contributed by atoms with Gasteiger partial charge in [0.2, 0.25) is 15.9 Å². The summed E-state index contributed by atoms with van der Waals surface area (Å²) in [5, 5.41) is 0. The summed E-state index contributed by atoms with van der Waals surface area (Å²) < 4.78 is 24.2. The maximum Gasteiger partial charge on any atom is 0.237 e. The van der Waals surface area contributed by atoms with Crippen molar-refractivity contribution >= 4 is 15.9 Å². The number of aromatic nitrogens is 2. The van der Waals surface area contributed by atoms with Crippen LogP contribution in [0.1, 0.15) is 23.9 Å². The first-order valence-electron chi connectivity index (χ1n) is 6.37.